The van der Waals surface area contributed by atoms with E-state index in [1.54, 1.807) is 29.2 Å². The van der Waals surface area contributed by atoms with E-state index in [-0.39, 0.29) is 17.9 Å². The molecule has 2 aromatic carbocycles. The lowest BCUT2D eigenvalue weighted by Gasteiger charge is -2.31. The Morgan fingerprint density at radius 2 is 1.85 bits per heavy atom. The fraction of sp³-hybridized carbons (Fsp3) is 0.318. The molecule has 138 valence electrons. The van der Waals surface area contributed by atoms with Gasteiger partial charge in [0.05, 0.1) is 17.2 Å². The van der Waals surface area contributed by atoms with Gasteiger partial charge < -0.3 is 9.80 Å². The average Bonchev–Trinajstić information content (AvgIpc) is 2.87. The number of hydrogen-bond acceptors (Lipinski definition) is 3. The predicted octanol–water partition coefficient (Wildman–Crippen LogP) is 3.21. The Morgan fingerprint density at radius 3 is 2.56 bits per heavy atom. The second-order valence-electron chi connectivity index (χ2n) is 6.73. The molecule has 0 spiro atoms. The van der Waals surface area contributed by atoms with Crippen LogP contribution < -0.4 is 0 Å². The second-order valence-corrected chi connectivity index (χ2v) is 6.73. The highest BCUT2D eigenvalue weighted by molar-refractivity contribution is 5.97. The molecule has 2 amide bonds. The average molecular weight is 361 g/mol. The number of hydrogen-bond donors (Lipinski definition) is 0. The van der Waals surface area contributed by atoms with Crippen molar-refractivity contribution >= 4 is 11.8 Å². The zero-order valence-corrected chi connectivity index (χ0v) is 15.5. The van der Waals surface area contributed by atoms with Crippen LogP contribution in [0.5, 0.6) is 0 Å². The summed E-state index contributed by atoms with van der Waals surface area (Å²) in [6, 6.07) is 18.8. The highest BCUT2D eigenvalue weighted by atomic mass is 16.2. The van der Waals surface area contributed by atoms with Crippen LogP contribution >= 0.6 is 0 Å². The molecular weight excluding hydrogens is 338 g/mol. The summed E-state index contributed by atoms with van der Waals surface area (Å²) < 4.78 is 0. The molecule has 1 atom stereocenters. The topological polar surface area (TPSA) is 64.4 Å². The van der Waals surface area contributed by atoms with Crippen LogP contribution in [0.4, 0.5) is 0 Å². The molecule has 1 unspecified atom stereocenters. The van der Waals surface area contributed by atoms with E-state index >= 15 is 0 Å². The van der Waals surface area contributed by atoms with Crippen LogP contribution in [0, 0.1) is 11.3 Å². The number of nitriles is 1. The van der Waals surface area contributed by atoms with Crippen molar-refractivity contribution in [1.82, 2.24) is 9.80 Å². The summed E-state index contributed by atoms with van der Waals surface area (Å²) in [5.41, 5.74) is 1.85. The molecule has 0 bridgehead atoms. The Bertz CT molecular complexity index is 857. The van der Waals surface area contributed by atoms with Crippen LogP contribution in [-0.4, -0.2) is 40.7 Å². The van der Waals surface area contributed by atoms with Gasteiger partial charge in [0, 0.05) is 32.1 Å². The van der Waals surface area contributed by atoms with E-state index in [0.29, 0.717) is 37.2 Å². The summed E-state index contributed by atoms with van der Waals surface area (Å²) in [5.74, 6) is -0.116. The van der Waals surface area contributed by atoms with Gasteiger partial charge in [0.15, 0.2) is 0 Å². The molecule has 1 saturated heterocycles. The number of amides is 2. The molecule has 0 radical (unpaired) electrons. The second kappa shape index (κ2) is 8.50. The van der Waals surface area contributed by atoms with E-state index in [2.05, 4.69) is 6.07 Å². The Balaban J connectivity index is 1.82. The number of rotatable bonds is 4. The normalized spacial score (nSPS) is 17.3. The van der Waals surface area contributed by atoms with Crippen molar-refractivity contribution < 1.29 is 9.59 Å². The van der Waals surface area contributed by atoms with Crippen LogP contribution in [0.15, 0.2) is 54.6 Å². The van der Waals surface area contributed by atoms with E-state index in [1.165, 1.54) is 0 Å². The minimum atomic E-state index is -0.181. The van der Waals surface area contributed by atoms with Gasteiger partial charge in [-0.3, -0.25) is 9.59 Å². The quantitative estimate of drug-likeness (QED) is 0.840. The lowest BCUT2D eigenvalue weighted by molar-refractivity contribution is -0.133. The number of nitrogens with zero attached hydrogens (tertiary/aromatic N) is 3. The molecular formula is C22H23N3O2. The summed E-state index contributed by atoms with van der Waals surface area (Å²) >= 11 is 0. The molecule has 27 heavy (non-hydrogen) atoms. The Morgan fingerprint density at radius 1 is 1.15 bits per heavy atom. The van der Waals surface area contributed by atoms with Crippen molar-refractivity contribution in [1.29, 1.82) is 5.26 Å². The Kier molecular flexibility index (Phi) is 5.87. The molecule has 0 saturated carbocycles. The van der Waals surface area contributed by atoms with Crippen LogP contribution in [0.2, 0.25) is 0 Å². The zero-order valence-electron chi connectivity index (χ0n) is 15.5. The fourth-order valence-electron chi connectivity index (χ4n) is 3.49. The molecule has 1 aliphatic heterocycles. The molecule has 2 aromatic rings. The first-order valence-corrected chi connectivity index (χ1v) is 9.25. The van der Waals surface area contributed by atoms with Crippen LogP contribution in [0.25, 0.3) is 0 Å². The van der Waals surface area contributed by atoms with Gasteiger partial charge in [0.2, 0.25) is 5.91 Å². The molecule has 5 heteroatoms. The third-order valence-electron chi connectivity index (χ3n) is 5.02. The van der Waals surface area contributed by atoms with E-state index in [4.69, 9.17) is 0 Å². The summed E-state index contributed by atoms with van der Waals surface area (Å²) in [5, 5.41) is 9.28. The fourth-order valence-corrected chi connectivity index (χ4v) is 3.49. The van der Waals surface area contributed by atoms with Crippen LogP contribution in [-0.2, 0) is 11.3 Å². The SMILES string of the molecule is CCC1CN(C(=O)c2ccccc2C#N)CCC(=O)N1Cc1ccccc1. The molecule has 1 heterocycles. The highest BCUT2D eigenvalue weighted by Crippen LogP contribution is 2.20. The highest BCUT2D eigenvalue weighted by Gasteiger charge is 2.31. The lowest BCUT2D eigenvalue weighted by atomic mass is 10.1. The van der Waals surface area contributed by atoms with Crippen molar-refractivity contribution in [2.75, 3.05) is 13.1 Å². The maximum atomic E-state index is 13.0. The van der Waals surface area contributed by atoms with Gasteiger partial charge in [-0.25, -0.2) is 0 Å². The van der Waals surface area contributed by atoms with Crippen molar-refractivity contribution in [3.63, 3.8) is 0 Å². The largest absolute Gasteiger partial charge is 0.336 e. The van der Waals surface area contributed by atoms with Crippen LogP contribution in [0.3, 0.4) is 0 Å². The first-order chi connectivity index (χ1) is 13.1. The summed E-state index contributed by atoms with van der Waals surface area (Å²) in [6.45, 7) is 3.44. The Labute approximate surface area is 159 Å². The number of benzene rings is 2. The molecule has 1 aliphatic rings. The zero-order chi connectivity index (χ0) is 19.2. The molecule has 1 fully saturated rings. The molecule has 0 aliphatic carbocycles. The van der Waals surface area contributed by atoms with E-state index in [1.807, 2.05) is 42.2 Å². The Hall–Kier alpha value is -3.13. The van der Waals surface area contributed by atoms with Gasteiger partial charge in [-0.2, -0.15) is 5.26 Å². The maximum Gasteiger partial charge on any atom is 0.255 e. The summed E-state index contributed by atoms with van der Waals surface area (Å²) in [7, 11) is 0. The van der Waals surface area contributed by atoms with Gasteiger partial charge in [0.25, 0.3) is 5.91 Å². The molecule has 5 nitrogen and oxygen atoms in total. The number of carbonyl (C=O) groups is 2. The van der Waals surface area contributed by atoms with Gasteiger partial charge in [-0.15, -0.1) is 0 Å². The standard InChI is InChI=1S/C22H23N3O2/c1-2-19-16-24(22(27)20-11-7-6-10-18(20)14-23)13-12-21(26)25(19)15-17-8-4-3-5-9-17/h3-11,19H,2,12-13,15-16H2,1H3. The van der Waals surface area contributed by atoms with Crippen molar-refractivity contribution in [2.45, 2.75) is 32.4 Å². The van der Waals surface area contributed by atoms with Gasteiger partial charge in [-0.1, -0.05) is 49.4 Å². The molecule has 3 rings (SSSR count). The minimum Gasteiger partial charge on any atom is -0.336 e. The molecule has 0 aromatic heterocycles. The van der Waals surface area contributed by atoms with Gasteiger partial charge >= 0.3 is 0 Å². The van der Waals surface area contributed by atoms with E-state index < -0.39 is 0 Å². The van der Waals surface area contributed by atoms with Gasteiger partial charge in [0.1, 0.15) is 0 Å². The predicted molar refractivity (Wildman–Crippen MR) is 103 cm³/mol. The number of carbonyl (C=O) groups excluding carboxylic acids is 2. The van der Waals surface area contributed by atoms with Gasteiger partial charge in [-0.05, 0) is 24.1 Å². The molecule has 0 N–H and O–H groups in total. The van der Waals surface area contributed by atoms with E-state index in [9.17, 15) is 14.9 Å². The lowest BCUT2D eigenvalue weighted by Crippen LogP contribution is -2.43. The smallest absolute Gasteiger partial charge is 0.255 e. The third-order valence-corrected chi connectivity index (χ3v) is 5.02. The van der Waals surface area contributed by atoms with Crippen molar-refractivity contribution in [2.24, 2.45) is 0 Å². The van der Waals surface area contributed by atoms with Crippen molar-refractivity contribution in [3.8, 4) is 6.07 Å². The monoisotopic (exact) mass is 361 g/mol. The first kappa shape index (κ1) is 18.7. The summed E-state index contributed by atoms with van der Waals surface area (Å²) in [4.78, 5) is 29.4. The first-order valence-electron chi connectivity index (χ1n) is 9.25. The third kappa shape index (κ3) is 4.17. The van der Waals surface area contributed by atoms with E-state index in [0.717, 1.165) is 12.0 Å². The van der Waals surface area contributed by atoms with Crippen LogP contribution in [0.1, 0.15) is 41.3 Å². The maximum absolute atomic E-state index is 13.0. The summed E-state index contributed by atoms with van der Waals surface area (Å²) in [6.07, 6.45) is 1.06. The van der Waals surface area contributed by atoms with Crippen molar-refractivity contribution in [3.05, 3.63) is 71.3 Å². The minimum absolute atomic E-state index is 0.0431.